The second kappa shape index (κ2) is 6.34. The topological polar surface area (TPSA) is 83.6 Å². The standard InChI is InChI=1S/C15H16NO4PS2/c1-9(2)8-12-13(14-10(5-6-20-14)21(17,18)19)16-15(23-12)11-4-3-7-22-11/h3-7,9H,8H2,1-2H3,(H2,17,18,19). The Morgan fingerprint density at radius 3 is 2.74 bits per heavy atom. The molecule has 3 heterocycles. The lowest BCUT2D eigenvalue weighted by atomic mass is 10.1. The fourth-order valence-corrected chi connectivity index (χ4v) is 5.00. The van der Waals surface area contributed by atoms with Gasteiger partial charge < -0.3 is 14.2 Å². The van der Waals surface area contributed by atoms with Crippen LogP contribution in [0.1, 0.15) is 18.7 Å². The lowest BCUT2D eigenvalue weighted by Gasteiger charge is -2.06. The maximum absolute atomic E-state index is 11.7. The highest BCUT2D eigenvalue weighted by molar-refractivity contribution is 7.60. The Kier molecular flexibility index (Phi) is 4.58. The van der Waals surface area contributed by atoms with Gasteiger partial charge in [-0.2, -0.15) is 0 Å². The molecular formula is C15H16NO4PS2. The fraction of sp³-hybridized carbons (Fsp3) is 0.267. The van der Waals surface area contributed by atoms with Gasteiger partial charge in [-0.3, -0.25) is 4.57 Å². The van der Waals surface area contributed by atoms with E-state index in [0.29, 0.717) is 11.6 Å². The molecule has 8 heteroatoms. The highest BCUT2D eigenvalue weighted by Gasteiger charge is 2.29. The van der Waals surface area contributed by atoms with Gasteiger partial charge in [0, 0.05) is 4.88 Å². The summed E-state index contributed by atoms with van der Waals surface area (Å²) in [6.07, 6.45) is 2.08. The molecule has 0 aliphatic carbocycles. The zero-order valence-corrected chi connectivity index (χ0v) is 15.1. The molecule has 0 aliphatic heterocycles. The molecule has 3 aromatic rings. The first-order valence-electron chi connectivity index (χ1n) is 7.04. The molecule has 0 bridgehead atoms. The number of hydrogen-bond donors (Lipinski definition) is 2. The molecule has 23 heavy (non-hydrogen) atoms. The van der Waals surface area contributed by atoms with Gasteiger partial charge in [0.05, 0.1) is 11.1 Å². The van der Waals surface area contributed by atoms with Gasteiger partial charge in [0.2, 0.25) is 0 Å². The summed E-state index contributed by atoms with van der Waals surface area (Å²) in [6.45, 7) is 4.20. The van der Waals surface area contributed by atoms with E-state index in [9.17, 15) is 14.4 Å². The number of hydrogen-bond acceptors (Lipinski definition) is 5. The molecule has 0 radical (unpaired) electrons. The summed E-state index contributed by atoms with van der Waals surface area (Å²) in [5, 5.41) is 2.72. The molecule has 0 atom stereocenters. The van der Waals surface area contributed by atoms with Crippen LogP contribution in [0.25, 0.3) is 21.3 Å². The second-order valence-corrected chi connectivity index (χ2v) is 9.15. The van der Waals surface area contributed by atoms with Gasteiger partial charge in [0.25, 0.3) is 0 Å². The van der Waals surface area contributed by atoms with Crippen molar-refractivity contribution < 1.29 is 18.8 Å². The molecule has 122 valence electrons. The molecule has 2 N–H and O–H groups in total. The Morgan fingerprint density at radius 2 is 2.13 bits per heavy atom. The lowest BCUT2D eigenvalue weighted by molar-refractivity contribution is 0.387. The van der Waals surface area contributed by atoms with E-state index in [1.54, 1.807) is 22.7 Å². The second-order valence-electron chi connectivity index (χ2n) is 5.55. The summed E-state index contributed by atoms with van der Waals surface area (Å²) in [5.74, 6) is 0.576. The molecule has 3 rings (SSSR count). The van der Waals surface area contributed by atoms with E-state index in [4.69, 9.17) is 4.42 Å². The van der Waals surface area contributed by atoms with Gasteiger partial charge in [-0.1, -0.05) is 19.9 Å². The third kappa shape index (κ3) is 3.49. The number of furan rings is 1. The van der Waals surface area contributed by atoms with Crippen molar-refractivity contribution in [1.82, 2.24) is 4.98 Å². The van der Waals surface area contributed by atoms with Gasteiger partial charge in [0.15, 0.2) is 5.76 Å². The normalized spacial score (nSPS) is 12.2. The van der Waals surface area contributed by atoms with E-state index in [1.807, 2.05) is 17.5 Å². The number of nitrogens with zero attached hydrogens (tertiary/aromatic N) is 1. The highest BCUT2D eigenvalue weighted by Crippen LogP contribution is 2.42. The van der Waals surface area contributed by atoms with Crippen molar-refractivity contribution in [3.05, 3.63) is 34.7 Å². The summed E-state index contributed by atoms with van der Waals surface area (Å²) in [6, 6.07) is 5.26. The third-order valence-corrected chi connectivity index (χ3v) is 6.29. The van der Waals surface area contributed by atoms with Crippen LogP contribution in [0, 0.1) is 5.92 Å². The molecule has 0 fully saturated rings. The quantitative estimate of drug-likeness (QED) is 0.661. The molecule has 5 nitrogen and oxygen atoms in total. The van der Waals surface area contributed by atoms with Crippen molar-refractivity contribution in [2.24, 2.45) is 5.92 Å². The van der Waals surface area contributed by atoms with E-state index in [0.717, 1.165) is 21.2 Å². The summed E-state index contributed by atoms with van der Waals surface area (Å²) in [5.41, 5.74) is 0.537. The van der Waals surface area contributed by atoms with E-state index in [1.165, 1.54) is 12.3 Å². The Balaban J connectivity index is 2.14. The van der Waals surface area contributed by atoms with Crippen molar-refractivity contribution >= 4 is 35.6 Å². The smallest absolute Gasteiger partial charge is 0.360 e. The van der Waals surface area contributed by atoms with Gasteiger partial charge in [0.1, 0.15) is 16.0 Å². The Hall–Kier alpha value is -1.24. The van der Waals surface area contributed by atoms with E-state index < -0.39 is 7.60 Å². The summed E-state index contributed by atoms with van der Waals surface area (Å²) in [7, 11) is -4.40. The van der Waals surface area contributed by atoms with Crippen LogP contribution in [0.4, 0.5) is 0 Å². The Morgan fingerprint density at radius 1 is 1.35 bits per heavy atom. The molecule has 0 spiro atoms. The van der Waals surface area contributed by atoms with Crippen molar-refractivity contribution in [1.29, 1.82) is 0 Å². The zero-order chi connectivity index (χ0) is 16.6. The van der Waals surface area contributed by atoms with E-state index in [-0.39, 0.29) is 11.1 Å². The van der Waals surface area contributed by atoms with E-state index in [2.05, 4.69) is 18.8 Å². The molecule has 3 aromatic heterocycles. The van der Waals surface area contributed by atoms with Crippen LogP contribution >= 0.6 is 30.3 Å². The van der Waals surface area contributed by atoms with Crippen LogP contribution in [-0.4, -0.2) is 14.8 Å². The first-order chi connectivity index (χ1) is 10.9. The maximum atomic E-state index is 11.7. The summed E-state index contributed by atoms with van der Waals surface area (Å²) in [4.78, 5) is 25.7. The first-order valence-corrected chi connectivity index (χ1v) is 10.3. The zero-order valence-electron chi connectivity index (χ0n) is 12.6. The number of aromatic nitrogens is 1. The summed E-state index contributed by atoms with van der Waals surface area (Å²) >= 11 is 3.14. The average Bonchev–Trinajstić information content (AvgIpc) is 3.17. The van der Waals surface area contributed by atoms with E-state index >= 15 is 0 Å². The van der Waals surface area contributed by atoms with Crippen LogP contribution in [0.3, 0.4) is 0 Å². The molecular weight excluding hydrogens is 353 g/mol. The summed E-state index contributed by atoms with van der Waals surface area (Å²) < 4.78 is 17.1. The third-order valence-electron chi connectivity index (χ3n) is 3.20. The predicted octanol–water partition coefficient (Wildman–Crippen LogP) is 4.13. The van der Waals surface area contributed by atoms with Gasteiger partial charge in [-0.05, 0) is 29.9 Å². The van der Waals surface area contributed by atoms with Gasteiger partial charge in [-0.25, -0.2) is 4.98 Å². The largest absolute Gasteiger partial charge is 0.462 e. The van der Waals surface area contributed by atoms with Crippen LogP contribution < -0.4 is 5.30 Å². The molecule has 0 saturated heterocycles. The van der Waals surface area contributed by atoms with Gasteiger partial charge >= 0.3 is 7.60 Å². The van der Waals surface area contributed by atoms with Crippen LogP contribution in [0.5, 0.6) is 0 Å². The fourth-order valence-electron chi connectivity index (χ4n) is 2.25. The van der Waals surface area contributed by atoms with Crippen molar-refractivity contribution in [2.45, 2.75) is 20.3 Å². The SMILES string of the molecule is CC(C)Cc1sc(-c2cccs2)nc1-c1occc1P(=O)(O)O. The van der Waals surface area contributed by atoms with Crippen molar-refractivity contribution in [2.75, 3.05) is 0 Å². The lowest BCUT2D eigenvalue weighted by Crippen LogP contribution is -2.05. The number of thiophene rings is 1. The minimum Gasteiger partial charge on any atom is -0.462 e. The average molecular weight is 369 g/mol. The Labute approximate surface area is 141 Å². The highest BCUT2D eigenvalue weighted by atomic mass is 32.1. The van der Waals surface area contributed by atoms with Crippen LogP contribution in [0.15, 0.2) is 34.3 Å². The number of thiazole rings is 1. The van der Waals surface area contributed by atoms with Gasteiger partial charge in [-0.15, -0.1) is 22.7 Å². The monoisotopic (exact) mass is 369 g/mol. The molecule has 0 unspecified atom stereocenters. The Bertz CT molecular complexity index is 845. The molecule has 0 aliphatic rings. The minimum absolute atomic E-state index is 0.106. The van der Waals surface area contributed by atoms with Crippen molar-refractivity contribution in [3.63, 3.8) is 0 Å². The first kappa shape index (κ1) is 16.6. The number of rotatable bonds is 5. The van der Waals surface area contributed by atoms with Crippen LogP contribution in [-0.2, 0) is 11.0 Å². The molecule has 0 aromatic carbocycles. The van der Waals surface area contributed by atoms with Crippen molar-refractivity contribution in [3.8, 4) is 21.3 Å². The maximum Gasteiger partial charge on any atom is 0.360 e. The van der Waals surface area contributed by atoms with Crippen LogP contribution in [0.2, 0.25) is 0 Å². The predicted molar refractivity (Wildman–Crippen MR) is 93.3 cm³/mol. The molecule has 0 saturated carbocycles. The minimum atomic E-state index is -4.40. The molecule has 0 amide bonds.